The van der Waals surface area contributed by atoms with Crippen molar-refractivity contribution in [1.29, 1.82) is 0 Å². The lowest BCUT2D eigenvalue weighted by Crippen LogP contribution is -2.36. The van der Waals surface area contributed by atoms with Gasteiger partial charge in [0, 0.05) is 22.6 Å². The molecule has 2 N–H and O–H groups in total. The second-order valence-electron chi connectivity index (χ2n) is 5.99. The summed E-state index contributed by atoms with van der Waals surface area (Å²) in [5, 5.41) is 0. The molecule has 0 saturated carbocycles. The summed E-state index contributed by atoms with van der Waals surface area (Å²) >= 11 is 3.32. The number of halogens is 1. The van der Waals surface area contributed by atoms with Crippen LogP contribution in [-0.4, -0.2) is 35.1 Å². The third-order valence-corrected chi connectivity index (χ3v) is 7.25. The van der Waals surface area contributed by atoms with Crippen molar-refractivity contribution in [1.82, 2.24) is 0 Å². The number of sulfonamides is 1. The van der Waals surface area contributed by atoms with E-state index in [1.165, 1.54) is 24.6 Å². The molecule has 7 nitrogen and oxygen atoms in total. The summed E-state index contributed by atoms with van der Waals surface area (Å²) in [5.41, 5.74) is 6.92. The Morgan fingerprint density at radius 3 is 2.48 bits per heavy atom. The number of rotatable bonds is 5. The molecule has 0 bridgehead atoms. The van der Waals surface area contributed by atoms with Gasteiger partial charge in [-0.15, -0.1) is 0 Å². The van der Waals surface area contributed by atoms with Crippen molar-refractivity contribution in [2.75, 3.05) is 25.1 Å². The molecule has 0 saturated heterocycles. The Bertz CT molecular complexity index is 1010. The summed E-state index contributed by atoms with van der Waals surface area (Å²) in [5.74, 6) is 0.152. The number of hydrogen-bond acceptors (Lipinski definition) is 5. The normalized spacial score (nSPS) is 13.8. The first kappa shape index (κ1) is 19.5. The molecular formula is C18H19BrN2O5S. The van der Waals surface area contributed by atoms with Crippen LogP contribution in [0.1, 0.15) is 22.3 Å². The topological polar surface area (TPSA) is 98.9 Å². The van der Waals surface area contributed by atoms with Gasteiger partial charge < -0.3 is 15.2 Å². The molecule has 0 fully saturated rings. The van der Waals surface area contributed by atoms with Crippen molar-refractivity contribution in [3.8, 4) is 11.5 Å². The number of carbonyl (C=O) groups excluding carboxylic acids is 1. The van der Waals surface area contributed by atoms with Gasteiger partial charge >= 0.3 is 0 Å². The van der Waals surface area contributed by atoms with Crippen molar-refractivity contribution in [2.45, 2.75) is 17.7 Å². The SMILES string of the molecule is COc1cc(Br)c(S(=O)(=O)N2CCCc3c(C(N)=O)cccc32)cc1OC. The van der Waals surface area contributed by atoms with Crippen LogP contribution in [0.4, 0.5) is 5.69 Å². The van der Waals surface area contributed by atoms with Gasteiger partial charge in [-0.3, -0.25) is 9.10 Å². The average Bonchev–Trinajstić information content (AvgIpc) is 2.66. The highest BCUT2D eigenvalue weighted by molar-refractivity contribution is 9.10. The highest BCUT2D eigenvalue weighted by atomic mass is 79.9. The van der Waals surface area contributed by atoms with E-state index in [1.807, 2.05) is 0 Å². The largest absolute Gasteiger partial charge is 0.493 e. The predicted octanol–water partition coefficient (Wildman–Crippen LogP) is 2.71. The first-order valence-electron chi connectivity index (χ1n) is 8.17. The first-order chi connectivity index (χ1) is 12.8. The van der Waals surface area contributed by atoms with E-state index in [-0.39, 0.29) is 4.90 Å². The summed E-state index contributed by atoms with van der Waals surface area (Å²) in [6, 6.07) is 7.91. The summed E-state index contributed by atoms with van der Waals surface area (Å²) in [6.07, 6.45) is 1.18. The maximum Gasteiger partial charge on any atom is 0.265 e. The highest BCUT2D eigenvalue weighted by Crippen LogP contribution is 2.40. The van der Waals surface area contributed by atoms with E-state index in [0.717, 1.165) is 0 Å². The molecule has 0 aliphatic carbocycles. The first-order valence-corrected chi connectivity index (χ1v) is 10.4. The Labute approximate surface area is 166 Å². The van der Waals surface area contributed by atoms with Gasteiger partial charge in [-0.25, -0.2) is 8.42 Å². The molecule has 0 spiro atoms. The zero-order chi connectivity index (χ0) is 19.8. The number of benzene rings is 2. The van der Waals surface area contributed by atoms with E-state index >= 15 is 0 Å². The molecule has 1 aliphatic rings. The Morgan fingerprint density at radius 1 is 1.19 bits per heavy atom. The van der Waals surface area contributed by atoms with Crippen LogP contribution < -0.4 is 19.5 Å². The summed E-state index contributed by atoms with van der Waals surface area (Å²) in [7, 11) is -0.989. The maximum atomic E-state index is 13.4. The fourth-order valence-corrected chi connectivity index (χ4v) is 5.76. The molecule has 1 aliphatic heterocycles. The molecule has 2 aromatic rings. The molecular weight excluding hydrogens is 436 g/mol. The number of carbonyl (C=O) groups is 1. The third kappa shape index (κ3) is 3.37. The van der Waals surface area contributed by atoms with Crippen LogP contribution in [0.3, 0.4) is 0 Å². The Kier molecular flexibility index (Phi) is 5.34. The number of anilines is 1. The van der Waals surface area contributed by atoms with Crippen LogP contribution in [0.15, 0.2) is 39.7 Å². The molecule has 144 valence electrons. The second-order valence-corrected chi connectivity index (χ2v) is 8.67. The lowest BCUT2D eigenvalue weighted by Gasteiger charge is -2.31. The number of nitrogens with two attached hydrogens (primary N) is 1. The predicted molar refractivity (Wildman–Crippen MR) is 105 cm³/mol. The van der Waals surface area contributed by atoms with E-state index in [9.17, 15) is 13.2 Å². The van der Waals surface area contributed by atoms with E-state index in [4.69, 9.17) is 15.2 Å². The second kappa shape index (κ2) is 7.40. The number of hydrogen-bond donors (Lipinski definition) is 1. The molecule has 3 rings (SSSR count). The maximum absolute atomic E-state index is 13.4. The van der Waals surface area contributed by atoms with E-state index in [0.29, 0.717) is 52.2 Å². The molecule has 27 heavy (non-hydrogen) atoms. The monoisotopic (exact) mass is 454 g/mol. The zero-order valence-electron chi connectivity index (χ0n) is 14.9. The minimum Gasteiger partial charge on any atom is -0.493 e. The van der Waals surface area contributed by atoms with Crippen molar-refractivity contribution < 1.29 is 22.7 Å². The minimum atomic E-state index is -3.91. The molecule has 2 aromatic carbocycles. The van der Waals surface area contributed by atoms with Gasteiger partial charge in [0.25, 0.3) is 10.0 Å². The molecule has 0 aromatic heterocycles. The Hall–Kier alpha value is -2.26. The minimum absolute atomic E-state index is 0.0532. The van der Waals surface area contributed by atoms with Crippen LogP contribution in [0.5, 0.6) is 11.5 Å². The average molecular weight is 455 g/mol. The van der Waals surface area contributed by atoms with Crippen LogP contribution in [0, 0.1) is 0 Å². The molecule has 0 atom stereocenters. The lowest BCUT2D eigenvalue weighted by molar-refractivity contribution is 0.0999. The standard InChI is InChI=1S/C18H19BrN2O5S/c1-25-15-9-13(19)17(10-16(15)26-2)27(23,24)21-8-4-6-11-12(18(20)22)5-3-7-14(11)21/h3,5,7,9-10H,4,6,8H2,1-2H3,(H2,20,22). The molecule has 9 heteroatoms. The highest BCUT2D eigenvalue weighted by Gasteiger charge is 2.33. The van der Waals surface area contributed by atoms with Crippen molar-refractivity contribution in [3.05, 3.63) is 45.9 Å². The summed E-state index contributed by atoms with van der Waals surface area (Å²) in [4.78, 5) is 11.8. The lowest BCUT2D eigenvalue weighted by atomic mass is 9.97. The van der Waals surface area contributed by atoms with Crippen molar-refractivity contribution in [3.63, 3.8) is 0 Å². The number of fused-ring (bicyclic) bond motifs is 1. The van der Waals surface area contributed by atoms with Crippen LogP contribution in [0.2, 0.25) is 0 Å². The molecule has 0 unspecified atom stereocenters. The smallest absolute Gasteiger partial charge is 0.265 e. The van der Waals surface area contributed by atoms with Crippen LogP contribution >= 0.6 is 15.9 Å². The third-order valence-electron chi connectivity index (χ3n) is 4.48. The van der Waals surface area contributed by atoms with Gasteiger partial charge in [0.15, 0.2) is 11.5 Å². The van der Waals surface area contributed by atoms with Gasteiger partial charge in [-0.2, -0.15) is 0 Å². The molecule has 0 radical (unpaired) electrons. The Morgan fingerprint density at radius 2 is 1.85 bits per heavy atom. The van der Waals surface area contributed by atoms with Crippen molar-refractivity contribution in [2.24, 2.45) is 5.73 Å². The van der Waals surface area contributed by atoms with E-state index in [2.05, 4.69) is 15.9 Å². The van der Waals surface area contributed by atoms with E-state index < -0.39 is 15.9 Å². The number of nitrogens with zero attached hydrogens (tertiary/aromatic N) is 1. The van der Waals surface area contributed by atoms with Crippen molar-refractivity contribution >= 4 is 37.5 Å². The van der Waals surface area contributed by atoms with Gasteiger partial charge in [0.2, 0.25) is 5.91 Å². The van der Waals surface area contributed by atoms with Gasteiger partial charge in [-0.1, -0.05) is 6.07 Å². The fourth-order valence-electron chi connectivity index (χ4n) is 3.22. The number of ether oxygens (including phenoxy) is 2. The quantitative estimate of drug-likeness (QED) is 0.748. The van der Waals surface area contributed by atoms with Gasteiger partial charge in [0.05, 0.1) is 19.9 Å². The molecule has 1 amide bonds. The Balaban J connectivity index is 2.16. The zero-order valence-corrected chi connectivity index (χ0v) is 17.3. The molecule has 1 heterocycles. The number of amides is 1. The van der Waals surface area contributed by atoms with Gasteiger partial charge in [0.1, 0.15) is 4.90 Å². The van der Waals surface area contributed by atoms with E-state index in [1.54, 1.807) is 24.3 Å². The fraction of sp³-hybridized carbons (Fsp3) is 0.278. The number of primary amides is 1. The van der Waals surface area contributed by atoms with Crippen LogP contribution in [0.25, 0.3) is 0 Å². The number of methoxy groups -OCH3 is 2. The summed E-state index contributed by atoms with van der Waals surface area (Å²) < 4.78 is 38.9. The summed E-state index contributed by atoms with van der Waals surface area (Å²) in [6.45, 7) is 0.304. The van der Waals surface area contributed by atoms with Gasteiger partial charge in [-0.05, 0) is 52.5 Å². The van der Waals surface area contributed by atoms with Crippen LogP contribution in [-0.2, 0) is 16.4 Å².